The number of hydrogen-bond acceptors (Lipinski definition) is 5. The van der Waals surface area contributed by atoms with Gasteiger partial charge in [0.1, 0.15) is 6.61 Å². The SMILES string of the molecule is CCN(CC)C(=O)Oc1cc(Cl)c2c(c1Cl)C(=O)N(Cc1c(C)cc(C)nc1OCc1ccccc1)CC2. The van der Waals surface area contributed by atoms with E-state index in [9.17, 15) is 9.59 Å². The molecular weight excluding hydrogens is 525 g/mol. The molecule has 1 aromatic heterocycles. The molecule has 0 radical (unpaired) electrons. The van der Waals surface area contributed by atoms with Gasteiger partial charge in [0.15, 0.2) is 5.75 Å². The van der Waals surface area contributed by atoms with Crippen LogP contribution in [0.5, 0.6) is 11.6 Å². The lowest BCUT2D eigenvalue weighted by Crippen LogP contribution is -2.38. The number of amides is 2. The summed E-state index contributed by atoms with van der Waals surface area (Å²) in [5.74, 6) is 0.284. The summed E-state index contributed by atoms with van der Waals surface area (Å²) in [7, 11) is 0. The first kappa shape index (κ1) is 27.7. The summed E-state index contributed by atoms with van der Waals surface area (Å²) in [4.78, 5) is 34.1. The van der Waals surface area contributed by atoms with Gasteiger partial charge in [-0.1, -0.05) is 53.5 Å². The number of nitrogens with zero attached hydrogens (tertiary/aromatic N) is 3. The highest BCUT2D eigenvalue weighted by atomic mass is 35.5. The van der Waals surface area contributed by atoms with Crippen LogP contribution in [0.2, 0.25) is 10.0 Å². The lowest BCUT2D eigenvalue weighted by molar-refractivity contribution is 0.0724. The largest absolute Gasteiger partial charge is 0.473 e. The first-order valence-electron chi connectivity index (χ1n) is 12.6. The molecule has 0 aliphatic carbocycles. The van der Waals surface area contributed by atoms with Gasteiger partial charge < -0.3 is 19.3 Å². The van der Waals surface area contributed by atoms with Crippen molar-refractivity contribution in [2.75, 3.05) is 19.6 Å². The van der Waals surface area contributed by atoms with Gasteiger partial charge in [-0.3, -0.25) is 4.79 Å². The lowest BCUT2D eigenvalue weighted by Gasteiger charge is -2.31. The Kier molecular flexibility index (Phi) is 8.80. The van der Waals surface area contributed by atoms with Crippen LogP contribution in [-0.2, 0) is 19.6 Å². The number of pyridine rings is 1. The first-order chi connectivity index (χ1) is 18.2. The van der Waals surface area contributed by atoms with Crippen LogP contribution in [-0.4, -0.2) is 46.4 Å². The standard InChI is InChI=1S/C29H31Cl2N3O4/c1-5-33(6-2)29(36)38-24-15-23(30)21-12-13-34(28(35)25(21)26(24)31)16-22-18(3)14-19(4)32-27(22)37-17-20-10-8-7-9-11-20/h7-11,14-15H,5-6,12-13,16-17H2,1-4H3. The third-order valence-electron chi connectivity index (χ3n) is 6.64. The molecule has 200 valence electrons. The number of aromatic nitrogens is 1. The number of carbonyl (C=O) groups is 2. The number of ether oxygens (including phenoxy) is 2. The molecule has 1 aliphatic heterocycles. The summed E-state index contributed by atoms with van der Waals surface area (Å²) in [6, 6.07) is 13.3. The molecular formula is C29H31Cl2N3O4. The zero-order valence-electron chi connectivity index (χ0n) is 22.0. The minimum atomic E-state index is -0.547. The van der Waals surface area contributed by atoms with Crippen LogP contribution in [0.25, 0.3) is 0 Å². The maximum atomic E-state index is 13.7. The molecule has 2 heterocycles. The van der Waals surface area contributed by atoms with Crippen LogP contribution in [0.1, 0.15) is 52.2 Å². The number of hydrogen-bond donors (Lipinski definition) is 0. The van der Waals surface area contributed by atoms with E-state index in [4.69, 9.17) is 32.7 Å². The van der Waals surface area contributed by atoms with Gasteiger partial charge in [0, 0.05) is 42.0 Å². The molecule has 9 heteroatoms. The van der Waals surface area contributed by atoms with Gasteiger partial charge >= 0.3 is 6.09 Å². The van der Waals surface area contributed by atoms with Gasteiger partial charge in [0.05, 0.1) is 17.1 Å². The molecule has 0 fully saturated rings. The van der Waals surface area contributed by atoms with Crippen LogP contribution in [0.3, 0.4) is 0 Å². The van der Waals surface area contributed by atoms with E-state index in [0.717, 1.165) is 22.4 Å². The number of benzene rings is 2. The number of rotatable bonds is 8. The fraction of sp³-hybridized carbons (Fsp3) is 0.345. The number of halogens is 2. The predicted octanol–water partition coefficient (Wildman–Crippen LogP) is 6.62. The summed E-state index contributed by atoms with van der Waals surface area (Å²) < 4.78 is 11.7. The molecule has 2 aromatic carbocycles. The van der Waals surface area contributed by atoms with E-state index in [1.165, 1.54) is 11.0 Å². The van der Waals surface area contributed by atoms with Crippen LogP contribution in [0.15, 0.2) is 42.5 Å². The number of aryl methyl sites for hydroxylation is 2. The summed E-state index contributed by atoms with van der Waals surface area (Å²) in [6.45, 7) is 9.68. The third kappa shape index (κ3) is 5.89. The lowest BCUT2D eigenvalue weighted by atomic mass is 9.97. The number of carbonyl (C=O) groups excluding carboxylic acids is 2. The van der Waals surface area contributed by atoms with Gasteiger partial charge in [0.25, 0.3) is 5.91 Å². The Bertz CT molecular complexity index is 1340. The van der Waals surface area contributed by atoms with E-state index in [1.54, 1.807) is 4.90 Å². The van der Waals surface area contributed by atoms with E-state index in [1.807, 2.05) is 64.1 Å². The molecule has 1 aliphatic rings. The smallest absolute Gasteiger partial charge is 0.415 e. The zero-order valence-corrected chi connectivity index (χ0v) is 23.5. The van der Waals surface area contributed by atoms with Crippen LogP contribution < -0.4 is 9.47 Å². The Morgan fingerprint density at radius 1 is 1.11 bits per heavy atom. The fourth-order valence-electron chi connectivity index (χ4n) is 4.54. The molecule has 0 unspecified atom stereocenters. The average Bonchev–Trinajstić information content (AvgIpc) is 2.89. The molecule has 3 aromatic rings. The summed E-state index contributed by atoms with van der Waals surface area (Å²) in [6.07, 6.45) is -0.0304. The quantitative estimate of drug-likeness (QED) is 0.312. The summed E-state index contributed by atoms with van der Waals surface area (Å²) in [5, 5.41) is 0.429. The van der Waals surface area contributed by atoms with Crippen molar-refractivity contribution in [2.24, 2.45) is 0 Å². The molecule has 0 saturated carbocycles. The zero-order chi connectivity index (χ0) is 27.4. The molecule has 4 rings (SSSR count). The molecule has 0 bridgehead atoms. The van der Waals surface area contributed by atoms with Crippen molar-refractivity contribution in [2.45, 2.75) is 47.3 Å². The van der Waals surface area contributed by atoms with Crippen LogP contribution in [0, 0.1) is 13.8 Å². The normalized spacial score (nSPS) is 12.8. The van der Waals surface area contributed by atoms with Crippen molar-refractivity contribution in [3.63, 3.8) is 0 Å². The fourth-order valence-corrected chi connectivity index (χ4v) is 5.11. The van der Waals surface area contributed by atoms with Crippen molar-refractivity contribution in [3.05, 3.63) is 86.0 Å². The number of fused-ring (bicyclic) bond motifs is 1. The Morgan fingerprint density at radius 2 is 1.82 bits per heavy atom. The van der Waals surface area contributed by atoms with Crippen molar-refractivity contribution < 1.29 is 19.1 Å². The van der Waals surface area contributed by atoms with Crippen molar-refractivity contribution in [1.29, 1.82) is 0 Å². The Balaban J connectivity index is 1.61. The van der Waals surface area contributed by atoms with Gasteiger partial charge in [-0.05, 0) is 56.9 Å². The predicted molar refractivity (Wildman–Crippen MR) is 148 cm³/mol. The van der Waals surface area contributed by atoms with Crippen molar-refractivity contribution in [1.82, 2.24) is 14.8 Å². The molecule has 2 amide bonds. The average molecular weight is 556 g/mol. The van der Waals surface area contributed by atoms with E-state index >= 15 is 0 Å². The Labute approximate surface area is 233 Å². The van der Waals surface area contributed by atoms with E-state index < -0.39 is 6.09 Å². The Hall–Kier alpha value is -3.29. The van der Waals surface area contributed by atoms with Gasteiger partial charge in [-0.25, -0.2) is 9.78 Å². The van der Waals surface area contributed by atoms with E-state index in [2.05, 4.69) is 4.98 Å². The van der Waals surface area contributed by atoms with Gasteiger partial charge in [-0.2, -0.15) is 0 Å². The van der Waals surface area contributed by atoms with Gasteiger partial charge in [-0.15, -0.1) is 0 Å². The topological polar surface area (TPSA) is 72.0 Å². The van der Waals surface area contributed by atoms with Crippen molar-refractivity contribution >= 4 is 35.2 Å². The Morgan fingerprint density at radius 3 is 2.50 bits per heavy atom. The molecule has 0 atom stereocenters. The second kappa shape index (κ2) is 12.0. The highest BCUT2D eigenvalue weighted by Gasteiger charge is 2.32. The molecule has 7 nitrogen and oxygen atoms in total. The highest BCUT2D eigenvalue weighted by molar-refractivity contribution is 6.38. The molecule has 0 spiro atoms. The van der Waals surface area contributed by atoms with Crippen molar-refractivity contribution in [3.8, 4) is 11.6 Å². The minimum absolute atomic E-state index is 0.0718. The first-order valence-corrected chi connectivity index (χ1v) is 13.4. The van der Waals surface area contributed by atoms with E-state index in [-0.39, 0.29) is 22.2 Å². The van der Waals surface area contributed by atoms with Crippen LogP contribution >= 0.6 is 23.2 Å². The maximum Gasteiger partial charge on any atom is 0.415 e. The highest BCUT2D eigenvalue weighted by Crippen LogP contribution is 2.40. The third-order valence-corrected chi connectivity index (χ3v) is 7.35. The molecule has 0 N–H and O–H groups in total. The molecule has 38 heavy (non-hydrogen) atoms. The van der Waals surface area contributed by atoms with E-state index in [0.29, 0.717) is 55.7 Å². The van der Waals surface area contributed by atoms with Crippen LogP contribution in [0.4, 0.5) is 4.79 Å². The monoisotopic (exact) mass is 555 g/mol. The summed E-state index contributed by atoms with van der Waals surface area (Å²) >= 11 is 13.2. The second-order valence-electron chi connectivity index (χ2n) is 9.18. The maximum absolute atomic E-state index is 13.7. The second-order valence-corrected chi connectivity index (χ2v) is 9.96. The van der Waals surface area contributed by atoms with Gasteiger partial charge in [0.2, 0.25) is 5.88 Å². The minimum Gasteiger partial charge on any atom is -0.473 e. The summed E-state index contributed by atoms with van der Waals surface area (Å²) in [5.41, 5.74) is 4.58. The molecule has 0 saturated heterocycles.